The van der Waals surface area contributed by atoms with Crippen LogP contribution in [0.3, 0.4) is 0 Å². The van der Waals surface area contributed by atoms with Crippen molar-refractivity contribution in [3.63, 3.8) is 0 Å². The van der Waals surface area contributed by atoms with Gasteiger partial charge in [0.15, 0.2) is 5.96 Å². The van der Waals surface area contributed by atoms with Crippen LogP contribution < -0.4 is 10.6 Å². The number of nitrogens with zero attached hydrogens (tertiary/aromatic N) is 4. The summed E-state index contributed by atoms with van der Waals surface area (Å²) < 4.78 is 2.16. The third-order valence-corrected chi connectivity index (χ3v) is 5.43. The molecule has 2 heterocycles. The fourth-order valence-corrected chi connectivity index (χ4v) is 3.61. The second-order valence-electron chi connectivity index (χ2n) is 7.57. The van der Waals surface area contributed by atoms with E-state index in [1.54, 1.807) is 0 Å². The number of rotatable bonds is 9. The third-order valence-electron chi connectivity index (χ3n) is 5.43. The number of hydrogen-bond acceptors (Lipinski definition) is 3. The summed E-state index contributed by atoms with van der Waals surface area (Å²) >= 11 is 0. The standard InChI is InChI=1S/C23H36N6/c1-3-24-23(25-11-14-28-12-5-6-13-28)26-19-21-7-9-22(10-8-21)20-29-17-15-27(4-2)16-18-29/h5-10,12-13H,3-4,11,14-20H2,1-2H3,(H2,24,25,26). The number of benzene rings is 1. The molecule has 1 aromatic heterocycles. The van der Waals surface area contributed by atoms with Crippen molar-refractivity contribution in [3.05, 3.63) is 59.9 Å². The molecule has 158 valence electrons. The van der Waals surface area contributed by atoms with Gasteiger partial charge in [0, 0.05) is 64.8 Å². The van der Waals surface area contributed by atoms with E-state index in [0.29, 0.717) is 6.54 Å². The van der Waals surface area contributed by atoms with E-state index in [1.165, 1.54) is 43.9 Å². The molecule has 0 unspecified atom stereocenters. The number of aromatic nitrogens is 1. The fraction of sp³-hybridized carbons (Fsp3) is 0.522. The van der Waals surface area contributed by atoms with Crippen molar-refractivity contribution in [2.75, 3.05) is 45.8 Å². The summed E-state index contributed by atoms with van der Waals surface area (Å²) in [6.07, 6.45) is 4.16. The van der Waals surface area contributed by atoms with E-state index in [1.807, 2.05) is 12.1 Å². The van der Waals surface area contributed by atoms with Crippen molar-refractivity contribution in [1.82, 2.24) is 25.0 Å². The number of aliphatic imine (C=N–C) groups is 1. The summed E-state index contributed by atoms with van der Waals surface area (Å²) in [5.41, 5.74) is 2.63. The largest absolute Gasteiger partial charge is 0.357 e. The zero-order chi connectivity index (χ0) is 20.3. The highest BCUT2D eigenvalue weighted by Crippen LogP contribution is 2.11. The molecule has 1 aliphatic heterocycles. The summed E-state index contributed by atoms with van der Waals surface area (Å²) in [5.74, 6) is 0.873. The van der Waals surface area contributed by atoms with E-state index >= 15 is 0 Å². The molecular weight excluding hydrogens is 360 g/mol. The van der Waals surface area contributed by atoms with Crippen LogP contribution in [0.25, 0.3) is 0 Å². The number of nitrogens with one attached hydrogen (secondary N) is 2. The topological polar surface area (TPSA) is 47.8 Å². The molecule has 29 heavy (non-hydrogen) atoms. The lowest BCUT2D eigenvalue weighted by Crippen LogP contribution is -2.45. The molecule has 1 saturated heterocycles. The van der Waals surface area contributed by atoms with E-state index < -0.39 is 0 Å². The molecule has 0 bridgehead atoms. The van der Waals surface area contributed by atoms with Crippen molar-refractivity contribution in [3.8, 4) is 0 Å². The van der Waals surface area contributed by atoms with Gasteiger partial charge in [-0.05, 0) is 36.7 Å². The molecule has 6 nitrogen and oxygen atoms in total. The van der Waals surface area contributed by atoms with Crippen molar-refractivity contribution >= 4 is 5.96 Å². The molecular formula is C23H36N6. The lowest BCUT2D eigenvalue weighted by molar-refractivity contribution is 0.132. The Labute approximate surface area is 175 Å². The van der Waals surface area contributed by atoms with Crippen molar-refractivity contribution in [1.29, 1.82) is 0 Å². The molecule has 3 rings (SSSR count). The summed E-state index contributed by atoms with van der Waals surface area (Å²) in [6, 6.07) is 13.0. The van der Waals surface area contributed by atoms with Crippen LogP contribution in [0.15, 0.2) is 53.8 Å². The molecule has 0 aliphatic carbocycles. The van der Waals surface area contributed by atoms with Crippen LogP contribution in [0.1, 0.15) is 25.0 Å². The minimum absolute atomic E-state index is 0.689. The van der Waals surface area contributed by atoms with Gasteiger partial charge >= 0.3 is 0 Å². The van der Waals surface area contributed by atoms with Crippen molar-refractivity contribution in [2.45, 2.75) is 33.5 Å². The van der Waals surface area contributed by atoms with Crippen LogP contribution in [0.2, 0.25) is 0 Å². The lowest BCUT2D eigenvalue weighted by atomic mass is 10.1. The van der Waals surface area contributed by atoms with Gasteiger partial charge in [0.2, 0.25) is 0 Å². The van der Waals surface area contributed by atoms with Crippen molar-refractivity contribution in [2.24, 2.45) is 4.99 Å². The number of hydrogen-bond donors (Lipinski definition) is 2. The molecule has 2 N–H and O–H groups in total. The van der Waals surface area contributed by atoms with Crippen LogP contribution >= 0.6 is 0 Å². The van der Waals surface area contributed by atoms with Crippen LogP contribution in [-0.4, -0.2) is 66.1 Å². The molecule has 6 heteroatoms. The van der Waals surface area contributed by atoms with E-state index in [0.717, 1.165) is 32.1 Å². The monoisotopic (exact) mass is 396 g/mol. The number of guanidine groups is 1. The first-order valence-electron chi connectivity index (χ1n) is 10.9. The average molecular weight is 397 g/mol. The average Bonchev–Trinajstić information content (AvgIpc) is 3.27. The number of piperazine rings is 1. The van der Waals surface area contributed by atoms with Crippen LogP contribution in [-0.2, 0) is 19.6 Å². The zero-order valence-electron chi connectivity index (χ0n) is 18.0. The van der Waals surface area contributed by atoms with Gasteiger partial charge in [-0.25, -0.2) is 4.99 Å². The minimum atomic E-state index is 0.689. The SMILES string of the molecule is CCNC(=NCc1ccc(CN2CCN(CC)CC2)cc1)NCCn1cccc1. The molecule has 1 fully saturated rings. The van der Waals surface area contributed by atoms with E-state index in [9.17, 15) is 0 Å². The van der Waals surface area contributed by atoms with E-state index in [2.05, 4.69) is 75.5 Å². The van der Waals surface area contributed by atoms with E-state index in [4.69, 9.17) is 4.99 Å². The smallest absolute Gasteiger partial charge is 0.191 e. The quantitative estimate of drug-likeness (QED) is 0.505. The molecule has 0 saturated carbocycles. The molecule has 1 aromatic carbocycles. The first-order chi connectivity index (χ1) is 14.3. The molecule has 1 aliphatic rings. The summed E-state index contributed by atoms with van der Waals surface area (Å²) in [5, 5.41) is 6.74. The van der Waals surface area contributed by atoms with Crippen LogP contribution in [0.4, 0.5) is 0 Å². The lowest BCUT2D eigenvalue weighted by Gasteiger charge is -2.34. The van der Waals surface area contributed by atoms with Gasteiger partial charge in [0.25, 0.3) is 0 Å². The second kappa shape index (κ2) is 11.6. The Morgan fingerprint density at radius 1 is 0.897 bits per heavy atom. The predicted octanol–water partition coefficient (Wildman–Crippen LogP) is 2.38. The minimum Gasteiger partial charge on any atom is -0.357 e. The Hall–Kier alpha value is -2.31. The van der Waals surface area contributed by atoms with Gasteiger partial charge in [-0.1, -0.05) is 31.2 Å². The van der Waals surface area contributed by atoms with Crippen molar-refractivity contribution < 1.29 is 0 Å². The second-order valence-corrected chi connectivity index (χ2v) is 7.57. The third kappa shape index (κ3) is 7.22. The highest BCUT2D eigenvalue weighted by Gasteiger charge is 2.15. The first-order valence-corrected chi connectivity index (χ1v) is 10.9. The van der Waals surface area contributed by atoms with Gasteiger partial charge in [0.1, 0.15) is 0 Å². The maximum atomic E-state index is 4.73. The summed E-state index contributed by atoms with van der Waals surface area (Å²) in [4.78, 5) is 9.81. The Balaban J connectivity index is 1.45. The summed E-state index contributed by atoms with van der Waals surface area (Å²) in [7, 11) is 0. The molecule has 0 amide bonds. The van der Waals surface area contributed by atoms with E-state index in [-0.39, 0.29) is 0 Å². The highest BCUT2D eigenvalue weighted by molar-refractivity contribution is 5.79. The van der Waals surface area contributed by atoms with Gasteiger partial charge in [-0.2, -0.15) is 0 Å². The molecule has 0 spiro atoms. The van der Waals surface area contributed by atoms with Crippen LogP contribution in [0, 0.1) is 0 Å². The Morgan fingerprint density at radius 3 is 2.21 bits per heavy atom. The Kier molecular flexibility index (Phi) is 8.58. The first kappa shape index (κ1) is 21.4. The fourth-order valence-electron chi connectivity index (χ4n) is 3.61. The van der Waals surface area contributed by atoms with Gasteiger partial charge in [0.05, 0.1) is 6.54 Å². The maximum absolute atomic E-state index is 4.73. The number of likely N-dealkylation sites (N-methyl/N-ethyl adjacent to an activating group) is 1. The van der Waals surface area contributed by atoms with Gasteiger partial charge in [-0.3, -0.25) is 4.90 Å². The Morgan fingerprint density at radius 2 is 1.55 bits per heavy atom. The summed E-state index contributed by atoms with van der Waals surface area (Å²) in [6.45, 7) is 14.6. The van der Waals surface area contributed by atoms with Crippen LogP contribution in [0.5, 0.6) is 0 Å². The maximum Gasteiger partial charge on any atom is 0.191 e. The normalized spacial score (nSPS) is 16.1. The van der Waals surface area contributed by atoms with Gasteiger partial charge in [-0.15, -0.1) is 0 Å². The van der Waals surface area contributed by atoms with Gasteiger partial charge < -0.3 is 20.1 Å². The highest BCUT2D eigenvalue weighted by atomic mass is 15.3. The predicted molar refractivity (Wildman–Crippen MR) is 121 cm³/mol. The molecule has 0 radical (unpaired) electrons. The molecule has 2 aromatic rings. The molecule has 0 atom stereocenters. The zero-order valence-corrected chi connectivity index (χ0v) is 18.0. The Bertz CT molecular complexity index is 714.